The molecule has 0 radical (unpaired) electrons. The molecule has 25 heavy (non-hydrogen) atoms. The molecule has 0 aromatic heterocycles. The first-order valence-corrected chi connectivity index (χ1v) is 7.76. The summed E-state index contributed by atoms with van der Waals surface area (Å²) in [6, 6.07) is 20.3. The molecule has 5 nitrogen and oxygen atoms in total. The summed E-state index contributed by atoms with van der Waals surface area (Å²) in [5, 5.41) is 17.3. The Labute approximate surface area is 147 Å². The maximum absolute atomic E-state index is 12.5. The van der Waals surface area contributed by atoms with E-state index in [9.17, 15) is 4.79 Å². The number of carbonyl (C=O) groups is 1. The first kappa shape index (κ1) is 17.8. The lowest BCUT2D eigenvalue weighted by atomic mass is 10.2. The Morgan fingerprint density at radius 1 is 1.04 bits per heavy atom. The molecule has 0 N–H and O–H groups in total. The quantitative estimate of drug-likeness (QED) is 0.727. The number of amides is 1. The zero-order valence-corrected chi connectivity index (χ0v) is 13.6. The van der Waals surface area contributed by atoms with Crippen LogP contribution in [-0.4, -0.2) is 19.1 Å². The van der Waals surface area contributed by atoms with E-state index in [-0.39, 0.29) is 18.9 Å². The summed E-state index contributed by atoms with van der Waals surface area (Å²) in [5.74, 6) is 0.413. The molecule has 1 amide bonds. The van der Waals surface area contributed by atoms with Gasteiger partial charge in [-0.25, -0.2) is 0 Å². The number of benzene rings is 2. The molecule has 0 spiro atoms. The number of ether oxygens (including phenoxy) is 1. The third-order valence-corrected chi connectivity index (χ3v) is 3.38. The predicted molar refractivity (Wildman–Crippen MR) is 95.6 cm³/mol. The van der Waals surface area contributed by atoms with Gasteiger partial charge in [-0.2, -0.15) is 10.5 Å². The second kappa shape index (κ2) is 9.54. The Morgan fingerprint density at radius 3 is 2.40 bits per heavy atom. The fraction of sp³-hybridized carbons (Fsp3) is 0.150. The van der Waals surface area contributed by atoms with Crippen LogP contribution in [0.2, 0.25) is 0 Å². The van der Waals surface area contributed by atoms with Crippen LogP contribution in [0.1, 0.15) is 12.0 Å². The van der Waals surface area contributed by atoms with E-state index >= 15 is 0 Å². The van der Waals surface area contributed by atoms with Gasteiger partial charge in [0.1, 0.15) is 11.8 Å². The third kappa shape index (κ3) is 5.53. The monoisotopic (exact) mass is 331 g/mol. The number of anilines is 1. The molecular formula is C20H17N3O2. The van der Waals surface area contributed by atoms with E-state index in [1.54, 1.807) is 35.2 Å². The van der Waals surface area contributed by atoms with Crippen molar-refractivity contribution >= 4 is 17.7 Å². The van der Waals surface area contributed by atoms with Crippen LogP contribution in [0.3, 0.4) is 0 Å². The molecule has 0 saturated carbocycles. The first-order chi connectivity index (χ1) is 12.2. The van der Waals surface area contributed by atoms with Gasteiger partial charge in [-0.3, -0.25) is 4.79 Å². The number of rotatable bonds is 7. The molecule has 2 aromatic rings. The highest BCUT2D eigenvalue weighted by atomic mass is 16.5. The van der Waals surface area contributed by atoms with E-state index in [4.69, 9.17) is 15.3 Å². The fourth-order valence-electron chi connectivity index (χ4n) is 2.18. The van der Waals surface area contributed by atoms with Crippen LogP contribution in [0.25, 0.3) is 6.08 Å². The zero-order chi connectivity index (χ0) is 17.9. The first-order valence-electron chi connectivity index (χ1n) is 7.76. The van der Waals surface area contributed by atoms with E-state index in [0.717, 1.165) is 11.3 Å². The van der Waals surface area contributed by atoms with Gasteiger partial charge in [-0.15, -0.1) is 0 Å². The molecule has 124 valence electrons. The van der Waals surface area contributed by atoms with Crippen molar-refractivity contribution in [3.05, 3.63) is 66.2 Å². The van der Waals surface area contributed by atoms with Crippen LogP contribution in [0, 0.1) is 22.7 Å². The largest absolute Gasteiger partial charge is 0.479 e. The Bertz CT molecular complexity index is 800. The van der Waals surface area contributed by atoms with Crippen molar-refractivity contribution in [3.8, 4) is 17.9 Å². The minimum absolute atomic E-state index is 0.00139. The summed E-state index contributed by atoms with van der Waals surface area (Å²) in [6.45, 7) is 0.337. The lowest BCUT2D eigenvalue weighted by Gasteiger charge is -2.20. The molecule has 0 aliphatic carbocycles. The Hall–Kier alpha value is -3.57. The summed E-state index contributed by atoms with van der Waals surface area (Å²) < 4.78 is 5.19. The van der Waals surface area contributed by atoms with Gasteiger partial charge < -0.3 is 9.64 Å². The second-order valence-corrected chi connectivity index (χ2v) is 5.08. The molecule has 0 atom stereocenters. The van der Waals surface area contributed by atoms with Gasteiger partial charge in [-0.05, 0) is 35.9 Å². The number of hydrogen-bond donors (Lipinski definition) is 0. The van der Waals surface area contributed by atoms with Crippen molar-refractivity contribution in [2.24, 2.45) is 0 Å². The van der Waals surface area contributed by atoms with E-state index in [1.165, 1.54) is 6.08 Å². The maximum atomic E-state index is 12.5. The van der Waals surface area contributed by atoms with Crippen LogP contribution in [0.5, 0.6) is 5.75 Å². The van der Waals surface area contributed by atoms with Crippen molar-refractivity contribution in [3.63, 3.8) is 0 Å². The van der Waals surface area contributed by atoms with Gasteiger partial charge in [0.05, 0.1) is 12.5 Å². The van der Waals surface area contributed by atoms with Crippen LogP contribution < -0.4 is 9.64 Å². The smallest absolute Gasteiger partial charge is 0.251 e. The highest BCUT2D eigenvalue weighted by Gasteiger charge is 2.12. The number of nitriles is 2. The number of carbonyl (C=O) groups excluding carboxylic acids is 1. The predicted octanol–water partition coefficient (Wildman–Crippen LogP) is 3.55. The van der Waals surface area contributed by atoms with Gasteiger partial charge in [0.25, 0.3) is 5.91 Å². The molecule has 0 unspecified atom stereocenters. The van der Waals surface area contributed by atoms with Crippen LogP contribution in [-0.2, 0) is 4.79 Å². The standard InChI is InChI=1S/C20H17N3O2/c21-13-4-15-23(18-5-2-1-3-6-18)20(24)12-9-17-7-10-19(11-8-17)25-16-14-22/h1-3,5-12H,4,15-16H2/b12-9+. The lowest BCUT2D eigenvalue weighted by molar-refractivity contribution is -0.114. The average Bonchev–Trinajstić information content (AvgIpc) is 2.66. The summed E-state index contributed by atoms with van der Waals surface area (Å²) in [5.41, 5.74) is 1.60. The average molecular weight is 331 g/mol. The normalized spacial score (nSPS) is 10.0. The van der Waals surface area contributed by atoms with Gasteiger partial charge in [0.15, 0.2) is 6.61 Å². The summed E-state index contributed by atoms with van der Waals surface area (Å²) in [4.78, 5) is 14.1. The molecule has 2 aromatic carbocycles. The molecule has 0 aliphatic rings. The molecular weight excluding hydrogens is 314 g/mol. The molecule has 0 aliphatic heterocycles. The summed E-state index contributed by atoms with van der Waals surface area (Å²) >= 11 is 0. The Balaban J connectivity index is 2.08. The number of para-hydroxylation sites is 1. The van der Waals surface area contributed by atoms with Gasteiger partial charge in [-0.1, -0.05) is 30.3 Å². The van der Waals surface area contributed by atoms with Crippen LogP contribution in [0.4, 0.5) is 5.69 Å². The lowest BCUT2D eigenvalue weighted by Crippen LogP contribution is -2.30. The highest BCUT2D eigenvalue weighted by molar-refractivity contribution is 6.03. The van der Waals surface area contributed by atoms with Crippen molar-refractivity contribution in [2.45, 2.75) is 6.42 Å². The van der Waals surface area contributed by atoms with E-state index in [0.29, 0.717) is 12.3 Å². The van der Waals surface area contributed by atoms with Crippen molar-refractivity contribution < 1.29 is 9.53 Å². The van der Waals surface area contributed by atoms with E-state index < -0.39 is 0 Å². The molecule has 0 heterocycles. The number of nitrogens with zero attached hydrogens (tertiary/aromatic N) is 3. The maximum Gasteiger partial charge on any atom is 0.251 e. The molecule has 0 bridgehead atoms. The molecule has 0 saturated heterocycles. The molecule has 5 heteroatoms. The van der Waals surface area contributed by atoms with Crippen molar-refractivity contribution in [1.29, 1.82) is 10.5 Å². The zero-order valence-electron chi connectivity index (χ0n) is 13.6. The SMILES string of the molecule is N#CCCN(C(=O)/C=C/c1ccc(OCC#N)cc1)c1ccccc1. The van der Waals surface area contributed by atoms with Crippen molar-refractivity contribution in [2.75, 3.05) is 18.1 Å². The minimum Gasteiger partial charge on any atom is -0.479 e. The van der Waals surface area contributed by atoms with E-state index in [2.05, 4.69) is 6.07 Å². The summed E-state index contributed by atoms with van der Waals surface area (Å²) in [7, 11) is 0. The second-order valence-electron chi connectivity index (χ2n) is 5.08. The number of hydrogen-bond acceptors (Lipinski definition) is 4. The molecule has 0 fully saturated rings. The highest BCUT2D eigenvalue weighted by Crippen LogP contribution is 2.16. The fourth-order valence-corrected chi connectivity index (χ4v) is 2.18. The minimum atomic E-state index is -0.189. The van der Waals surface area contributed by atoms with Crippen LogP contribution in [0.15, 0.2) is 60.7 Å². The Kier molecular flexibility index (Phi) is 6.79. The van der Waals surface area contributed by atoms with Gasteiger partial charge in [0.2, 0.25) is 0 Å². The van der Waals surface area contributed by atoms with Crippen molar-refractivity contribution in [1.82, 2.24) is 0 Å². The van der Waals surface area contributed by atoms with Gasteiger partial charge >= 0.3 is 0 Å². The third-order valence-electron chi connectivity index (χ3n) is 3.38. The molecule has 2 rings (SSSR count). The topological polar surface area (TPSA) is 77.1 Å². The summed E-state index contributed by atoms with van der Waals surface area (Å²) in [6.07, 6.45) is 3.45. The van der Waals surface area contributed by atoms with E-state index in [1.807, 2.05) is 36.4 Å². The Morgan fingerprint density at radius 2 is 1.76 bits per heavy atom. The van der Waals surface area contributed by atoms with Crippen LogP contribution >= 0.6 is 0 Å². The van der Waals surface area contributed by atoms with Gasteiger partial charge in [0, 0.05) is 18.3 Å².